The second-order valence-corrected chi connectivity index (χ2v) is 7.38. The highest BCUT2D eigenvalue weighted by molar-refractivity contribution is 5.05. The normalized spacial score (nSPS) is 30.7. The third-order valence-electron chi connectivity index (χ3n) is 5.36. The van der Waals surface area contributed by atoms with Gasteiger partial charge in [-0.1, -0.05) is 0 Å². The van der Waals surface area contributed by atoms with Gasteiger partial charge >= 0.3 is 0 Å². The fourth-order valence-corrected chi connectivity index (χ4v) is 4.13. The predicted molar refractivity (Wildman–Crippen MR) is 75.8 cm³/mol. The Bertz CT molecular complexity index is 280. The van der Waals surface area contributed by atoms with Crippen LogP contribution in [0.15, 0.2) is 0 Å². The van der Waals surface area contributed by atoms with Crippen LogP contribution in [-0.2, 0) is 0 Å². The van der Waals surface area contributed by atoms with Crippen LogP contribution in [-0.4, -0.2) is 73.6 Å². The molecule has 3 rings (SSSR count). The van der Waals surface area contributed by atoms with E-state index in [4.69, 9.17) is 0 Å². The van der Waals surface area contributed by atoms with Gasteiger partial charge in [0.1, 0.15) is 0 Å². The first-order valence-corrected chi connectivity index (χ1v) is 7.71. The summed E-state index contributed by atoms with van der Waals surface area (Å²) < 4.78 is 0. The van der Waals surface area contributed by atoms with Crippen LogP contribution >= 0.6 is 0 Å². The summed E-state index contributed by atoms with van der Waals surface area (Å²) in [6, 6.07) is 0.757. The van der Waals surface area contributed by atoms with Gasteiger partial charge in [-0.25, -0.2) is 0 Å². The molecule has 0 bridgehead atoms. The zero-order chi connectivity index (χ0) is 12.8. The molecular weight excluding hydrogens is 222 g/mol. The molecule has 2 aliphatic heterocycles. The maximum Gasteiger partial charge on any atom is 0.0110 e. The average molecular weight is 251 g/mol. The average Bonchev–Trinajstić information content (AvgIpc) is 2.21. The molecule has 0 unspecified atom stereocenters. The van der Waals surface area contributed by atoms with Gasteiger partial charge in [-0.3, -0.25) is 4.90 Å². The van der Waals surface area contributed by atoms with Gasteiger partial charge in [0.15, 0.2) is 0 Å². The molecule has 2 saturated heterocycles. The molecule has 3 aliphatic rings. The predicted octanol–water partition coefficient (Wildman–Crippen LogP) is 1.35. The van der Waals surface area contributed by atoms with E-state index in [9.17, 15) is 0 Å². The number of likely N-dealkylation sites (N-methyl/N-ethyl adjacent to an activating group) is 1. The Morgan fingerprint density at radius 3 is 2.22 bits per heavy atom. The molecule has 0 atom stereocenters. The zero-order valence-corrected chi connectivity index (χ0v) is 12.4. The monoisotopic (exact) mass is 251 g/mol. The largest absolute Gasteiger partial charge is 0.304 e. The van der Waals surface area contributed by atoms with Crippen LogP contribution in [0, 0.1) is 11.3 Å². The summed E-state index contributed by atoms with van der Waals surface area (Å²) >= 11 is 0. The molecule has 3 nitrogen and oxygen atoms in total. The Balaban J connectivity index is 1.36. The second-order valence-electron chi connectivity index (χ2n) is 7.38. The van der Waals surface area contributed by atoms with Crippen molar-refractivity contribution in [2.24, 2.45) is 11.3 Å². The van der Waals surface area contributed by atoms with Crippen molar-refractivity contribution >= 4 is 0 Å². The minimum atomic E-state index is 0.752. The number of rotatable bonds is 3. The summed E-state index contributed by atoms with van der Waals surface area (Å²) in [6.07, 6.45) is 3.01. The first kappa shape index (κ1) is 12.9. The van der Waals surface area contributed by atoms with E-state index in [1.54, 1.807) is 0 Å². The molecule has 3 fully saturated rings. The maximum atomic E-state index is 2.69. The summed E-state index contributed by atoms with van der Waals surface area (Å²) in [4.78, 5) is 7.77. The van der Waals surface area contributed by atoms with Crippen molar-refractivity contribution in [1.29, 1.82) is 0 Å². The summed E-state index contributed by atoms with van der Waals surface area (Å²) in [5.41, 5.74) is 0.752. The highest BCUT2D eigenvalue weighted by Crippen LogP contribution is 2.52. The summed E-state index contributed by atoms with van der Waals surface area (Å²) in [5, 5.41) is 0. The van der Waals surface area contributed by atoms with Crippen LogP contribution in [0.3, 0.4) is 0 Å². The number of piperazine rings is 1. The molecule has 0 N–H and O–H groups in total. The van der Waals surface area contributed by atoms with Crippen molar-refractivity contribution in [3.8, 4) is 0 Å². The highest BCUT2D eigenvalue weighted by Gasteiger charge is 2.52. The standard InChI is InChI=1S/C15H29N3/c1-13(2)18-11-15(12-18)8-14(9-15)10-17-6-4-16(3)5-7-17/h13-14H,4-12H2,1-3H3. The Morgan fingerprint density at radius 1 is 1.06 bits per heavy atom. The molecule has 1 spiro atoms. The van der Waals surface area contributed by atoms with Crippen LogP contribution in [0.2, 0.25) is 0 Å². The molecule has 0 aromatic heterocycles. The molecule has 0 aromatic rings. The summed E-state index contributed by atoms with van der Waals surface area (Å²) in [5.74, 6) is 1.00. The lowest BCUT2D eigenvalue weighted by molar-refractivity contribution is -0.114. The van der Waals surface area contributed by atoms with Gasteiger partial charge < -0.3 is 9.80 Å². The molecule has 0 amide bonds. The van der Waals surface area contributed by atoms with E-state index < -0.39 is 0 Å². The third kappa shape index (κ3) is 2.45. The molecule has 3 heteroatoms. The number of hydrogen-bond acceptors (Lipinski definition) is 3. The first-order valence-electron chi connectivity index (χ1n) is 7.71. The van der Waals surface area contributed by atoms with Gasteiger partial charge in [0.2, 0.25) is 0 Å². The first-order chi connectivity index (χ1) is 8.56. The molecule has 18 heavy (non-hydrogen) atoms. The van der Waals surface area contributed by atoms with Crippen molar-refractivity contribution in [1.82, 2.24) is 14.7 Å². The van der Waals surface area contributed by atoms with E-state index in [0.29, 0.717) is 0 Å². The lowest BCUT2D eigenvalue weighted by Crippen LogP contribution is -2.65. The van der Waals surface area contributed by atoms with E-state index in [-0.39, 0.29) is 0 Å². The van der Waals surface area contributed by atoms with Gasteiger partial charge in [-0.15, -0.1) is 0 Å². The second kappa shape index (κ2) is 4.77. The number of nitrogens with zero attached hydrogens (tertiary/aromatic N) is 3. The minimum Gasteiger partial charge on any atom is -0.304 e. The lowest BCUT2D eigenvalue weighted by Gasteiger charge is -2.61. The van der Waals surface area contributed by atoms with Crippen molar-refractivity contribution in [2.45, 2.75) is 32.7 Å². The van der Waals surface area contributed by atoms with Gasteiger partial charge in [0.25, 0.3) is 0 Å². The maximum absolute atomic E-state index is 2.69. The highest BCUT2D eigenvalue weighted by atomic mass is 15.3. The third-order valence-corrected chi connectivity index (χ3v) is 5.36. The lowest BCUT2D eigenvalue weighted by atomic mass is 9.57. The summed E-state index contributed by atoms with van der Waals surface area (Å²) in [7, 11) is 2.24. The molecule has 0 radical (unpaired) electrons. The molecular formula is C15H29N3. The van der Waals surface area contributed by atoms with Crippen LogP contribution in [0.5, 0.6) is 0 Å². The van der Waals surface area contributed by atoms with Gasteiger partial charge in [0.05, 0.1) is 0 Å². The van der Waals surface area contributed by atoms with Gasteiger partial charge in [-0.2, -0.15) is 0 Å². The quantitative estimate of drug-likeness (QED) is 0.750. The molecule has 1 aliphatic carbocycles. The fourth-order valence-electron chi connectivity index (χ4n) is 4.13. The van der Waals surface area contributed by atoms with E-state index in [1.165, 1.54) is 58.7 Å². The molecule has 2 heterocycles. The van der Waals surface area contributed by atoms with Crippen LogP contribution in [0.25, 0.3) is 0 Å². The van der Waals surface area contributed by atoms with Crippen molar-refractivity contribution in [3.05, 3.63) is 0 Å². The molecule has 104 valence electrons. The number of hydrogen-bond donors (Lipinski definition) is 0. The number of likely N-dealkylation sites (tertiary alicyclic amines) is 1. The van der Waals surface area contributed by atoms with E-state index in [1.807, 2.05) is 0 Å². The van der Waals surface area contributed by atoms with Gasteiger partial charge in [0, 0.05) is 51.9 Å². The van der Waals surface area contributed by atoms with E-state index >= 15 is 0 Å². The summed E-state index contributed by atoms with van der Waals surface area (Å²) in [6.45, 7) is 13.9. The SMILES string of the molecule is CC(C)N1CC2(CC(CN3CCN(C)CC3)C2)C1. The fraction of sp³-hybridized carbons (Fsp3) is 1.00. The Morgan fingerprint density at radius 2 is 1.67 bits per heavy atom. The van der Waals surface area contributed by atoms with Crippen LogP contribution in [0.4, 0.5) is 0 Å². The van der Waals surface area contributed by atoms with Crippen molar-refractivity contribution in [2.75, 3.05) is 52.9 Å². The van der Waals surface area contributed by atoms with E-state index in [0.717, 1.165) is 17.4 Å². The Hall–Kier alpha value is -0.120. The van der Waals surface area contributed by atoms with E-state index in [2.05, 4.69) is 35.6 Å². The van der Waals surface area contributed by atoms with Gasteiger partial charge in [-0.05, 0) is 45.1 Å². The minimum absolute atomic E-state index is 0.752. The van der Waals surface area contributed by atoms with Crippen molar-refractivity contribution in [3.63, 3.8) is 0 Å². The Kier molecular flexibility index (Phi) is 3.41. The smallest absolute Gasteiger partial charge is 0.0110 e. The van der Waals surface area contributed by atoms with Crippen LogP contribution < -0.4 is 0 Å². The molecule has 0 aromatic carbocycles. The van der Waals surface area contributed by atoms with Crippen molar-refractivity contribution < 1.29 is 0 Å². The zero-order valence-electron chi connectivity index (χ0n) is 12.4. The Labute approximate surface area is 112 Å². The van der Waals surface area contributed by atoms with Crippen LogP contribution in [0.1, 0.15) is 26.7 Å². The topological polar surface area (TPSA) is 9.72 Å². The molecule has 1 saturated carbocycles.